The van der Waals surface area contributed by atoms with E-state index in [9.17, 15) is 9.36 Å². The highest BCUT2D eigenvalue weighted by molar-refractivity contribution is 7.65. The normalized spacial score (nSPS) is 11.6. The maximum Gasteiger partial charge on any atom is 0.422 e. The molecule has 2 nitrogen and oxygen atoms in total. The standard InChI is InChI=1S/C19H22O2P/c1-12(2)22(21)19(20)18-14(4)11-13(3)17(15(18)5)16-9-7-6-8-10-16/h6-12H,1-5H3/q+1. The molecular formula is C19H22O2P+. The third kappa shape index (κ3) is 3.03. The molecule has 3 heteroatoms. The summed E-state index contributed by atoms with van der Waals surface area (Å²) < 4.78 is 12.3. The van der Waals surface area contributed by atoms with E-state index in [0.717, 1.165) is 27.8 Å². The SMILES string of the molecule is Cc1cc(C)c(-c2ccccc2)c(C)c1C(=O)[P+](=O)C(C)C. The second kappa shape index (κ2) is 6.54. The van der Waals surface area contributed by atoms with E-state index < -0.39 is 7.80 Å². The predicted octanol–water partition coefficient (Wildman–Crippen LogP) is 5.65. The van der Waals surface area contributed by atoms with E-state index in [-0.39, 0.29) is 11.2 Å². The summed E-state index contributed by atoms with van der Waals surface area (Å²) in [6.45, 7) is 9.59. The molecule has 1 atom stereocenters. The van der Waals surface area contributed by atoms with Gasteiger partial charge in [-0.15, -0.1) is 0 Å². The molecule has 0 radical (unpaired) electrons. The molecule has 2 aromatic carbocycles. The Morgan fingerprint density at radius 2 is 1.59 bits per heavy atom. The molecule has 0 aliphatic heterocycles. The van der Waals surface area contributed by atoms with Gasteiger partial charge in [0.05, 0.1) is 5.56 Å². The molecule has 114 valence electrons. The van der Waals surface area contributed by atoms with Gasteiger partial charge in [-0.1, -0.05) is 41.0 Å². The van der Waals surface area contributed by atoms with Gasteiger partial charge in [0.25, 0.3) is 0 Å². The summed E-state index contributed by atoms with van der Waals surface area (Å²) in [7, 11) is -1.89. The maximum atomic E-state index is 12.6. The molecule has 0 bridgehead atoms. The summed E-state index contributed by atoms with van der Waals surface area (Å²) in [6.07, 6.45) is 0. The van der Waals surface area contributed by atoms with Crippen molar-refractivity contribution in [3.05, 3.63) is 58.7 Å². The molecule has 0 N–H and O–H groups in total. The number of benzene rings is 2. The quantitative estimate of drug-likeness (QED) is 0.683. The number of aryl methyl sites for hydroxylation is 2. The van der Waals surface area contributed by atoms with Crippen LogP contribution in [0, 0.1) is 20.8 Å². The second-order valence-corrected chi connectivity index (χ2v) is 8.07. The van der Waals surface area contributed by atoms with E-state index in [0.29, 0.717) is 5.56 Å². The molecule has 0 aromatic heterocycles. The van der Waals surface area contributed by atoms with E-state index in [4.69, 9.17) is 0 Å². The smallest absolute Gasteiger partial charge is 0.234 e. The second-order valence-electron chi connectivity index (χ2n) is 5.98. The fourth-order valence-electron chi connectivity index (χ4n) is 2.91. The molecule has 2 aromatic rings. The molecule has 0 heterocycles. The zero-order valence-electron chi connectivity index (χ0n) is 13.8. The van der Waals surface area contributed by atoms with Gasteiger partial charge in [0.15, 0.2) is 5.66 Å². The lowest BCUT2D eigenvalue weighted by atomic mass is 9.90. The number of carbonyl (C=O) groups is 1. The van der Waals surface area contributed by atoms with Crippen LogP contribution in [0.15, 0.2) is 36.4 Å². The Morgan fingerprint density at radius 3 is 2.14 bits per heavy atom. The fraction of sp³-hybridized carbons (Fsp3) is 0.316. The van der Waals surface area contributed by atoms with Crippen molar-refractivity contribution in [2.24, 2.45) is 0 Å². The zero-order chi connectivity index (χ0) is 16.4. The van der Waals surface area contributed by atoms with E-state index in [1.165, 1.54) is 0 Å². The van der Waals surface area contributed by atoms with Gasteiger partial charge in [-0.25, -0.2) is 4.79 Å². The molecule has 2 rings (SSSR count). The van der Waals surface area contributed by atoms with Crippen LogP contribution in [-0.4, -0.2) is 11.2 Å². The molecule has 0 aliphatic carbocycles. The average Bonchev–Trinajstić information content (AvgIpc) is 2.46. The van der Waals surface area contributed by atoms with Crippen molar-refractivity contribution in [1.82, 2.24) is 0 Å². The van der Waals surface area contributed by atoms with Crippen molar-refractivity contribution >= 4 is 13.3 Å². The fourth-order valence-corrected chi connectivity index (χ4v) is 3.94. The van der Waals surface area contributed by atoms with Crippen LogP contribution < -0.4 is 0 Å². The van der Waals surface area contributed by atoms with Gasteiger partial charge in [0.2, 0.25) is 0 Å². The highest BCUT2D eigenvalue weighted by Crippen LogP contribution is 2.38. The molecule has 0 aliphatic rings. The molecule has 22 heavy (non-hydrogen) atoms. The lowest BCUT2D eigenvalue weighted by Crippen LogP contribution is -2.07. The number of rotatable bonds is 4. The topological polar surface area (TPSA) is 34.1 Å². The van der Waals surface area contributed by atoms with Crippen LogP contribution in [0.25, 0.3) is 11.1 Å². The van der Waals surface area contributed by atoms with Gasteiger partial charge in [-0.2, -0.15) is 0 Å². The Hall–Kier alpha value is -1.79. The average molecular weight is 313 g/mol. The third-order valence-electron chi connectivity index (χ3n) is 3.92. The number of hydrogen-bond donors (Lipinski definition) is 0. The van der Waals surface area contributed by atoms with Gasteiger partial charge >= 0.3 is 13.3 Å². The predicted molar refractivity (Wildman–Crippen MR) is 93.2 cm³/mol. The van der Waals surface area contributed by atoms with Crippen molar-refractivity contribution in [1.29, 1.82) is 0 Å². The van der Waals surface area contributed by atoms with Gasteiger partial charge < -0.3 is 0 Å². The van der Waals surface area contributed by atoms with Gasteiger partial charge in [0.1, 0.15) is 0 Å². The highest BCUT2D eigenvalue weighted by atomic mass is 31.1. The van der Waals surface area contributed by atoms with Crippen LogP contribution in [0.4, 0.5) is 0 Å². The Bertz CT molecular complexity index is 731. The van der Waals surface area contributed by atoms with E-state index >= 15 is 0 Å². The summed E-state index contributed by atoms with van der Waals surface area (Å²) in [5, 5.41) is 0. The lowest BCUT2D eigenvalue weighted by molar-refractivity contribution is 0.107. The lowest BCUT2D eigenvalue weighted by Gasteiger charge is -2.14. The zero-order valence-corrected chi connectivity index (χ0v) is 14.7. The van der Waals surface area contributed by atoms with Crippen LogP contribution in [0.5, 0.6) is 0 Å². The molecule has 0 saturated heterocycles. The largest absolute Gasteiger partial charge is 0.422 e. The summed E-state index contributed by atoms with van der Waals surface area (Å²) in [5.74, 6) is 0. The van der Waals surface area contributed by atoms with Crippen LogP contribution >= 0.6 is 7.80 Å². The molecule has 1 unspecified atom stereocenters. The maximum absolute atomic E-state index is 12.6. The number of hydrogen-bond acceptors (Lipinski definition) is 2. The first-order chi connectivity index (χ1) is 10.3. The van der Waals surface area contributed by atoms with E-state index in [1.54, 1.807) is 0 Å². The van der Waals surface area contributed by atoms with Crippen molar-refractivity contribution in [2.75, 3.05) is 0 Å². The summed E-state index contributed by atoms with van der Waals surface area (Å²) in [5.41, 5.74) is 5.39. The minimum atomic E-state index is -1.89. The van der Waals surface area contributed by atoms with Crippen LogP contribution in [0.2, 0.25) is 0 Å². The third-order valence-corrected chi connectivity index (χ3v) is 5.48. The van der Waals surface area contributed by atoms with E-state index in [2.05, 4.69) is 6.92 Å². The minimum Gasteiger partial charge on any atom is -0.234 e. The van der Waals surface area contributed by atoms with Gasteiger partial charge in [-0.3, -0.25) is 0 Å². The monoisotopic (exact) mass is 313 g/mol. The molecule has 0 fully saturated rings. The molecule has 0 spiro atoms. The van der Waals surface area contributed by atoms with Crippen molar-refractivity contribution in [2.45, 2.75) is 40.3 Å². The van der Waals surface area contributed by atoms with Crippen LogP contribution in [0.1, 0.15) is 40.9 Å². The van der Waals surface area contributed by atoms with Crippen LogP contribution in [0.3, 0.4) is 0 Å². The molecule has 0 saturated carbocycles. The van der Waals surface area contributed by atoms with Crippen molar-refractivity contribution in [3.63, 3.8) is 0 Å². The van der Waals surface area contributed by atoms with Crippen LogP contribution in [-0.2, 0) is 4.57 Å². The van der Waals surface area contributed by atoms with Crippen molar-refractivity contribution < 1.29 is 9.36 Å². The summed E-state index contributed by atoms with van der Waals surface area (Å²) in [4.78, 5) is 12.6. The molecule has 0 amide bonds. The summed E-state index contributed by atoms with van der Waals surface area (Å²) in [6, 6.07) is 12.1. The Labute approximate surface area is 133 Å². The first-order valence-electron chi connectivity index (χ1n) is 7.51. The molecular weight excluding hydrogens is 291 g/mol. The first kappa shape index (κ1) is 16.6. The Morgan fingerprint density at radius 1 is 1.00 bits per heavy atom. The highest BCUT2D eigenvalue weighted by Gasteiger charge is 2.36. The Balaban J connectivity index is 2.67. The first-order valence-corrected chi connectivity index (χ1v) is 8.84. The Kier molecular flexibility index (Phi) is 4.93. The van der Waals surface area contributed by atoms with Gasteiger partial charge in [-0.05, 0) is 62.4 Å². The van der Waals surface area contributed by atoms with Gasteiger partial charge in [0, 0.05) is 0 Å². The van der Waals surface area contributed by atoms with E-state index in [1.807, 2.05) is 64.1 Å². The van der Waals surface area contributed by atoms with Crippen molar-refractivity contribution in [3.8, 4) is 11.1 Å². The number of carbonyl (C=O) groups excluding carboxylic acids is 1. The minimum absolute atomic E-state index is 0.136. The summed E-state index contributed by atoms with van der Waals surface area (Å²) >= 11 is 0.